The fourth-order valence-corrected chi connectivity index (χ4v) is 2.13. The van der Waals surface area contributed by atoms with E-state index in [0.29, 0.717) is 18.0 Å². The number of rotatable bonds is 5. The maximum atomic E-state index is 12.7. The zero-order valence-corrected chi connectivity index (χ0v) is 12.9. The van der Waals surface area contributed by atoms with Crippen LogP contribution in [0.2, 0.25) is 0 Å². The fraction of sp³-hybridized carbons (Fsp3) is 0.278. The molecule has 0 radical (unpaired) electrons. The van der Waals surface area contributed by atoms with Crippen molar-refractivity contribution in [2.45, 2.75) is 20.3 Å². The van der Waals surface area contributed by atoms with Gasteiger partial charge in [0, 0.05) is 17.8 Å². The van der Waals surface area contributed by atoms with Crippen molar-refractivity contribution in [2.75, 3.05) is 11.4 Å². The summed E-state index contributed by atoms with van der Waals surface area (Å²) in [4.78, 5) is 14.4. The van der Waals surface area contributed by atoms with Gasteiger partial charge in [-0.25, -0.2) is 0 Å². The molecule has 4 heteroatoms. The van der Waals surface area contributed by atoms with Gasteiger partial charge in [-0.05, 0) is 60.9 Å². The van der Waals surface area contributed by atoms with E-state index >= 15 is 0 Å². The summed E-state index contributed by atoms with van der Waals surface area (Å²) in [6.45, 7) is 4.82. The molecule has 0 aliphatic carbocycles. The molecule has 0 saturated heterocycles. The van der Waals surface area contributed by atoms with Gasteiger partial charge in [-0.15, -0.1) is 0 Å². The Kier molecular flexibility index (Phi) is 5.04. The predicted octanol–water partition coefficient (Wildman–Crippen LogP) is 3.79. The molecule has 2 aromatic rings. The third kappa shape index (κ3) is 4.01. The minimum absolute atomic E-state index is 0.119. The average molecular weight is 299 g/mol. The van der Waals surface area contributed by atoms with Gasteiger partial charge >= 0.3 is 0 Å². The third-order valence-electron chi connectivity index (χ3n) is 3.45. The normalized spacial score (nSPS) is 10.7. The Hall–Kier alpha value is -2.49. The lowest BCUT2D eigenvalue weighted by atomic mass is 10.1. The van der Waals surface area contributed by atoms with E-state index in [1.54, 1.807) is 41.3 Å². The summed E-state index contributed by atoms with van der Waals surface area (Å²) >= 11 is 0. The Bertz CT molecular complexity index is 618. The maximum absolute atomic E-state index is 12.7. The summed E-state index contributed by atoms with van der Waals surface area (Å²) < 4.78 is 0. The molecule has 4 nitrogen and oxygen atoms in total. The van der Waals surface area contributed by atoms with Gasteiger partial charge in [0.05, 0.1) is 0 Å². The zero-order chi connectivity index (χ0) is 16.1. The largest absolute Gasteiger partial charge is 0.508 e. The number of benzene rings is 2. The van der Waals surface area contributed by atoms with Gasteiger partial charge < -0.3 is 15.1 Å². The molecule has 2 N–H and O–H groups in total. The van der Waals surface area contributed by atoms with Crippen LogP contribution >= 0.6 is 0 Å². The second kappa shape index (κ2) is 6.98. The van der Waals surface area contributed by atoms with E-state index in [1.807, 2.05) is 0 Å². The third-order valence-corrected chi connectivity index (χ3v) is 3.45. The van der Waals surface area contributed by atoms with Crippen molar-refractivity contribution < 1.29 is 15.0 Å². The van der Waals surface area contributed by atoms with Crippen molar-refractivity contribution in [3.8, 4) is 11.5 Å². The van der Waals surface area contributed by atoms with E-state index in [0.717, 1.165) is 12.1 Å². The summed E-state index contributed by atoms with van der Waals surface area (Å²) in [5.74, 6) is 0.665. The van der Waals surface area contributed by atoms with E-state index in [2.05, 4.69) is 13.8 Å². The SMILES string of the molecule is CC(C)CCN(C(=O)c1ccc(O)cc1)c1ccc(O)cc1. The molecule has 0 spiro atoms. The molecule has 2 aromatic carbocycles. The second-order valence-electron chi connectivity index (χ2n) is 5.70. The van der Waals surface area contributed by atoms with Gasteiger partial charge in [0.1, 0.15) is 11.5 Å². The Morgan fingerprint density at radius 3 is 1.95 bits per heavy atom. The van der Waals surface area contributed by atoms with Gasteiger partial charge in [0.2, 0.25) is 0 Å². The molecule has 0 bridgehead atoms. The molecule has 116 valence electrons. The van der Waals surface area contributed by atoms with Crippen LogP contribution in [0.25, 0.3) is 0 Å². The first kappa shape index (κ1) is 15.9. The highest BCUT2D eigenvalue weighted by molar-refractivity contribution is 6.06. The van der Waals surface area contributed by atoms with Crippen LogP contribution in [0.15, 0.2) is 48.5 Å². The van der Waals surface area contributed by atoms with Gasteiger partial charge in [0.15, 0.2) is 0 Å². The lowest BCUT2D eigenvalue weighted by molar-refractivity contribution is 0.0986. The lowest BCUT2D eigenvalue weighted by Gasteiger charge is -2.24. The van der Waals surface area contributed by atoms with Crippen molar-refractivity contribution in [3.05, 3.63) is 54.1 Å². The maximum Gasteiger partial charge on any atom is 0.258 e. The molecule has 0 heterocycles. The second-order valence-corrected chi connectivity index (χ2v) is 5.70. The van der Waals surface area contributed by atoms with Gasteiger partial charge in [0.25, 0.3) is 5.91 Å². The molecule has 0 atom stereocenters. The average Bonchev–Trinajstić information content (AvgIpc) is 2.49. The predicted molar refractivity (Wildman–Crippen MR) is 87.3 cm³/mol. The molecular formula is C18H21NO3. The summed E-state index contributed by atoms with van der Waals surface area (Å²) in [5.41, 5.74) is 1.27. The summed E-state index contributed by atoms with van der Waals surface area (Å²) in [5, 5.41) is 18.8. The molecule has 0 aliphatic heterocycles. The zero-order valence-electron chi connectivity index (χ0n) is 12.9. The first-order chi connectivity index (χ1) is 10.5. The number of carbonyl (C=O) groups excluding carboxylic acids is 1. The number of aromatic hydroxyl groups is 2. The number of hydrogen-bond acceptors (Lipinski definition) is 3. The molecule has 0 unspecified atom stereocenters. The van der Waals surface area contributed by atoms with Crippen molar-refractivity contribution in [3.63, 3.8) is 0 Å². The molecule has 0 aromatic heterocycles. The summed E-state index contributed by atoms with van der Waals surface area (Å²) in [6, 6.07) is 12.8. The van der Waals surface area contributed by atoms with E-state index in [9.17, 15) is 15.0 Å². The van der Waals surface area contributed by atoms with Crippen LogP contribution in [-0.4, -0.2) is 22.7 Å². The monoisotopic (exact) mass is 299 g/mol. The van der Waals surface area contributed by atoms with Crippen molar-refractivity contribution in [1.29, 1.82) is 0 Å². The fourth-order valence-electron chi connectivity index (χ4n) is 2.13. The molecule has 0 aliphatic rings. The van der Waals surface area contributed by atoms with Gasteiger partial charge in [-0.2, -0.15) is 0 Å². The molecule has 2 rings (SSSR count). The molecule has 0 fully saturated rings. The number of carbonyl (C=O) groups is 1. The Morgan fingerprint density at radius 2 is 1.45 bits per heavy atom. The number of nitrogens with zero attached hydrogens (tertiary/aromatic N) is 1. The van der Waals surface area contributed by atoms with E-state index < -0.39 is 0 Å². The quantitative estimate of drug-likeness (QED) is 0.883. The van der Waals surface area contributed by atoms with E-state index in [4.69, 9.17) is 0 Å². The number of phenols is 2. The summed E-state index contributed by atoms with van der Waals surface area (Å²) in [6.07, 6.45) is 0.880. The first-order valence-corrected chi connectivity index (χ1v) is 7.37. The smallest absolute Gasteiger partial charge is 0.258 e. The lowest BCUT2D eigenvalue weighted by Crippen LogP contribution is -2.32. The van der Waals surface area contributed by atoms with Crippen molar-refractivity contribution in [2.24, 2.45) is 5.92 Å². The highest BCUT2D eigenvalue weighted by Crippen LogP contribution is 2.22. The minimum Gasteiger partial charge on any atom is -0.508 e. The standard InChI is InChI=1S/C18H21NO3/c1-13(2)11-12-19(15-5-9-17(21)10-6-15)18(22)14-3-7-16(20)8-4-14/h3-10,13,20-21H,11-12H2,1-2H3. The van der Waals surface area contributed by atoms with Crippen LogP contribution in [0.5, 0.6) is 11.5 Å². The molecule has 0 saturated carbocycles. The molecule has 1 amide bonds. The van der Waals surface area contributed by atoms with Crippen LogP contribution in [0.3, 0.4) is 0 Å². The van der Waals surface area contributed by atoms with Crippen LogP contribution in [0.1, 0.15) is 30.6 Å². The van der Waals surface area contributed by atoms with Crippen LogP contribution in [0.4, 0.5) is 5.69 Å². The highest BCUT2D eigenvalue weighted by atomic mass is 16.3. The van der Waals surface area contributed by atoms with Gasteiger partial charge in [-0.3, -0.25) is 4.79 Å². The topological polar surface area (TPSA) is 60.8 Å². The van der Waals surface area contributed by atoms with Crippen molar-refractivity contribution >= 4 is 11.6 Å². The van der Waals surface area contributed by atoms with Gasteiger partial charge in [-0.1, -0.05) is 13.8 Å². The number of phenolic OH excluding ortho intramolecular Hbond substituents is 2. The molecular weight excluding hydrogens is 278 g/mol. The van der Waals surface area contributed by atoms with E-state index in [-0.39, 0.29) is 17.4 Å². The Morgan fingerprint density at radius 1 is 0.955 bits per heavy atom. The number of anilines is 1. The highest BCUT2D eigenvalue weighted by Gasteiger charge is 2.18. The van der Waals surface area contributed by atoms with Crippen LogP contribution in [-0.2, 0) is 0 Å². The van der Waals surface area contributed by atoms with E-state index in [1.165, 1.54) is 12.1 Å². The van der Waals surface area contributed by atoms with Crippen LogP contribution in [0, 0.1) is 5.92 Å². The first-order valence-electron chi connectivity index (χ1n) is 7.37. The minimum atomic E-state index is -0.119. The Labute approximate surface area is 130 Å². The van der Waals surface area contributed by atoms with Crippen molar-refractivity contribution in [1.82, 2.24) is 0 Å². The summed E-state index contributed by atoms with van der Waals surface area (Å²) in [7, 11) is 0. The number of amides is 1. The number of hydrogen-bond donors (Lipinski definition) is 2. The van der Waals surface area contributed by atoms with Crippen LogP contribution < -0.4 is 4.90 Å². The molecule has 22 heavy (non-hydrogen) atoms. The Balaban J connectivity index is 2.28.